The van der Waals surface area contributed by atoms with Gasteiger partial charge in [0.15, 0.2) is 0 Å². The van der Waals surface area contributed by atoms with Crippen molar-refractivity contribution in [1.82, 2.24) is 9.78 Å². The molecule has 0 aliphatic rings. The summed E-state index contributed by atoms with van der Waals surface area (Å²) in [6.45, 7) is 1.21. The van der Waals surface area contributed by atoms with Gasteiger partial charge in [-0.2, -0.15) is 5.10 Å². The van der Waals surface area contributed by atoms with Crippen molar-refractivity contribution in [1.29, 1.82) is 0 Å². The van der Waals surface area contributed by atoms with Crippen molar-refractivity contribution in [2.45, 2.75) is 13.0 Å². The molecule has 0 saturated carbocycles. The zero-order valence-corrected chi connectivity index (χ0v) is 9.82. The summed E-state index contributed by atoms with van der Waals surface area (Å²) in [5.41, 5.74) is 0.207. The van der Waals surface area contributed by atoms with Crippen LogP contribution < -0.4 is 4.74 Å². The number of aromatic nitrogens is 2. The number of hydrogen-bond donors (Lipinski definition) is 1. The summed E-state index contributed by atoms with van der Waals surface area (Å²) in [4.78, 5) is 10.7. The number of para-hydroxylation sites is 1. The van der Waals surface area contributed by atoms with E-state index in [1.165, 1.54) is 12.4 Å². The molecule has 0 spiro atoms. The minimum Gasteiger partial charge on any atom is -0.494 e. The van der Waals surface area contributed by atoms with Crippen molar-refractivity contribution in [2.75, 3.05) is 6.61 Å². The van der Waals surface area contributed by atoms with Crippen molar-refractivity contribution in [2.24, 2.45) is 0 Å². The number of benzene rings is 1. The van der Waals surface area contributed by atoms with Crippen LogP contribution in [0.4, 0.5) is 0 Å². The summed E-state index contributed by atoms with van der Waals surface area (Å²) in [5, 5.41) is 12.7. The molecule has 0 atom stereocenters. The molecular formula is C13H14N2O3. The molecule has 0 unspecified atom stereocenters. The Bertz CT molecular complexity index is 508. The Balaban J connectivity index is 1.73. The highest BCUT2D eigenvalue weighted by Crippen LogP contribution is 2.08. The number of hydrogen-bond acceptors (Lipinski definition) is 3. The van der Waals surface area contributed by atoms with Crippen LogP contribution in [0, 0.1) is 0 Å². The molecule has 2 aromatic rings. The minimum atomic E-state index is -0.957. The summed E-state index contributed by atoms with van der Waals surface area (Å²) < 4.78 is 7.13. The molecule has 0 saturated heterocycles. The van der Waals surface area contributed by atoms with Gasteiger partial charge in [-0.1, -0.05) is 18.2 Å². The van der Waals surface area contributed by atoms with E-state index in [1.807, 2.05) is 30.3 Å². The van der Waals surface area contributed by atoms with Crippen molar-refractivity contribution in [3.05, 3.63) is 48.3 Å². The lowest BCUT2D eigenvalue weighted by Crippen LogP contribution is -2.05. The molecule has 0 aliphatic carbocycles. The summed E-state index contributed by atoms with van der Waals surface area (Å²) >= 11 is 0. The Morgan fingerprint density at radius 2 is 2.11 bits per heavy atom. The molecule has 1 aromatic carbocycles. The van der Waals surface area contributed by atoms with Gasteiger partial charge >= 0.3 is 5.97 Å². The smallest absolute Gasteiger partial charge is 0.338 e. The Kier molecular flexibility index (Phi) is 3.96. The molecule has 5 heteroatoms. The van der Waals surface area contributed by atoms with Crippen LogP contribution >= 0.6 is 0 Å². The number of ether oxygens (including phenoxy) is 1. The standard InChI is InChI=1S/C13H14N2O3/c16-13(17)11-9-14-15(10-11)7-4-8-18-12-5-2-1-3-6-12/h1-3,5-6,9-10H,4,7-8H2,(H,16,17). The number of carbonyl (C=O) groups is 1. The van der Waals surface area contributed by atoms with E-state index in [2.05, 4.69) is 5.10 Å². The van der Waals surface area contributed by atoms with E-state index in [4.69, 9.17) is 9.84 Å². The second kappa shape index (κ2) is 5.86. The van der Waals surface area contributed by atoms with Gasteiger partial charge in [0.2, 0.25) is 0 Å². The van der Waals surface area contributed by atoms with Gasteiger partial charge in [0.25, 0.3) is 0 Å². The van der Waals surface area contributed by atoms with Crippen molar-refractivity contribution >= 4 is 5.97 Å². The summed E-state index contributed by atoms with van der Waals surface area (Å²) in [6, 6.07) is 9.57. The molecule has 0 aliphatic heterocycles. The average molecular weight is 246 g/mol. The third kappa shape index (κ3) is 3.35. The highest BCUT2D eigenvalue weighted by molar-refractivity contribution is 5.86. The molecule has 0 radical (unpaired) electrons. The predicted molar refractivity (Wildman–Crippen MR) is 65.7 cm³/mol. The maximum Gasteiger partial charge on any atom is 0.338 e. The lowest BCUT2D eigenvalue weighted by atomic mass is 10.3. The fourth-order valence-corrected chi connectivity index (χ4v) is 1.53. The fourth-order valence-electron chi connectivity index (χ4n) is 1.53. The highest BCUT2D eigenvalue weighted by atomic mass is 16.5. The quantitative estimate of drug-likeness (QED) is 0.792. The zero-order valence-electron chi connectivity index (χ0n) is 9.82. The molecule has 0 amide bonds. The fraction of sp³-hybridized carbons (Fsp3) is 0.231. The van der Waals surface area contributed by atoms with Crippen LogP contribution in [0.25, 0.3) is 0 Å². The van der Waals surface area contributed by atoms with Crippen LogP contribution in [0.1, 0.15) is 16.8 Å². The molecule has 18 heavy (non-hydrogen) atoms. The summed E-state index contributed by atoms with van der Waals surface area (Å²) in [5.74, 6) is -0.119. The second-order valence-corrected chi connectivity index (χ2v) is 3.81. The normalized spacial score (nSPS) is 10.2. The Labute approximate surface area is 105 Å². The van der Waals surface area contributed by atoms with Crippen LogP contribution in [-0.4, -0.2) is 27.5 Å². The van der Waals surface area contributed by atoms with Crippen LogP contribution in [0.2, 0.25) is 0 Å². The van der Waals surface area contributed by atoms with Gasteiger partial charge in [-0.05, 0) is 12.1 Å². The third-order valence-electron chi connectivity index (χ3n) is 2.42. The van der Waals surface area contributed by atoms with Crippen molar-refractivity contribution < 1.29 is 14.6 Å². The molecule has 1 N–H and O–H groups in total. The van der Waals surface area contributed by atoms with Crippen LogP contribution in [0.5, 0.6) is 5.75 Å². The van der Waals surface area contributed by atoms with E-state index in [9.17, 15) is 4.79 Å². The first-order chi connectivity index (χ1) is 8.75. The first kappa shape index (κ1) is 12.2. The van der Waals surface area contributed by atoms with E-state index in [-0.39, 0.29) is 5.56 Å². The molecule has 0 fully saturated rings. The maximum atomic E-state index is 10.7. The predicted octanol–water partition coefficient (Wildman–Crippen LogP) is 2.05. The average Bonchev–Trinajstić information content (AvgIpc) is 2.85. The summed E-state index contributed by atoms with van der Waals surface area (Å²) in [6.07, 6.45) is 3.64. The molecule has 94 valence electrons. The van der Waals surface area contributed by atoms with Gasteiger partial charge in [0.1, 0.15) is 5.75 Å². The SMILES string of the molecule is O=C(O)c1cnn(CCCOc2ccccc2)c1. The Hall–Kier alpha value is -2.30. The van der Waals surface area contributed by atoms with Crippen molar-refractivity contribution in [3.8, 4) is 5.75 Å². The first-order valence-electron chi connectivity index (χ1n) is 5.69. The van der Waals surface area contributed by atoms with E-state index >= 15 is 0 Å². The number of carboxylic acids is 1. The molecule has 1 heterocycles. The highest BCUT2D eigenvalue weighted by Gasteiger charge is 2.05. The van der Waals surface area contributed by atoms with Gasteiger partial charge in [0.05, 0.1) is 18.4 Å². The molecule has 2 rings (SSSR count). The second-order valence-electron chi connectivity index (χ2n) is 3.81. The maximum absolute atomic E-state index is 10.7. The zero-order chi connectivity index (χ0) is 12.8. The summed E-state index contributed by atoms with van der Waals surface area (Å²) in [7, 11) is 0. The van der Waals surface area contributed by atoms with Crippen LogP contribution in [0.15, 0.2) is 42.7 Å². The minimum absolute atomic E-state index is 0.207. The van der Waals surface area contributed by atoms with Crippen molar-refractivity contribution in [3.63, 3.8) is 0 Å². The van der Waals surface area contributed by atoms with E-state index < -0.39 is 5.97 Å². The van der Waals surface area contributed by atoms with Gasteiger partial charge in [-0.3, -0.25) is 4.68 Å². The van der Waals surface area contributed by atoms with Crippen LogP contribution in [0.3, 0.4) is 0 Å². The Morgan fingerprint density at radius 1 is 1.33 bits per heavy atom. The monoisotopic (exact) mass is 246 g/mol. The number of rotatable bonds is 6. The molecule has 0 bridgehead atoms. The third-order valence-corrected chi connectivity index (χ3v) is 2.42. The molecule has 5 nitrogen and oxygen atoms in total. The largest absolute Gasteiger partial charge is 0.494 e. The van der Waals surface area contributed by atoms with Gasteiger partial charge in [0, 0.05) is 19.2 Å². The van der Waals surface area contributed by atoms with Gasteiger partial charge in [-0.15, -0.1) is 0 Å². The van der Waals surface area contributed by atoms with E-state index in [0.29, 0.717) is 13.2 Å². The number of carboxylic acid groups (broad SMARTS) is 1. The first-order valence-corrected chi connectivity index (χ1v) is 5.69. The van der Waals surface area contributed by atoms with E-state index in [0.717, 1.165) is 12.2 Å². The van der Waals surface area contributed by atoms with Crippen LogP contribution in [-0.2, 0) is 6.54 Å². The van der Waals surface area contributed by atoms with Gasteiger partial charge in [-0.25, -0.2) is 4.79 Å². The molecule has 1 aromatic heterocycles. The lowest BCUT2D eigenvalue weighted by molar-refractivity contribution is 0.0697. The lowest BCUT2D eigenvalue weighted by Gasteiger charge is -2.05. The Morgan fingerprint density at radius 3 is 2.78 bits per heavy atom. The van der Waals surface area contributed by atoms with E-state index in [1.54, 1.807) is 4.68 Å². The molecular weight excluding hydrogens is 232 g/mol. The number of aryl methyl sites for hydroxylation is 1. The number of aromatic carboxylic acids is 1. The number of nitrogens with zero attached hydrogens (tertiary/aromatic N) is 2. The van der Waals surface area contributed by atoms with Gasteiger partial charge < -0.3 is 9.84 Å². The topological polar surface area (TPSA) is 64.3 Å².